The molecule has 29 heavy (non-hydrogen) atoms. The van der Waals surface area contributed by atoms with E-state index in [-0.39, 0.29) is 18.1 Å². The van der Waals surface area contributed by atoms with Crippen molar-refractivity contribution in [1.82, 2.24) is 19.7 Å². The lowest BCUT2D eigenvalue weighted by molar-refractivity contribution is 0.0966. The van der Waals surface area contributed by atoms with Gasteiger partial charge in [0.25, 0.3) is 0 Å². The van der Waals surface area contributed by atoms with Crippen molar-refractivity contribution in [2.75, 3.05) is 0 Å². The molecule has 0 saturated carbocycles. The van der Waals surface area contributed by atoms with E-state index in [2.05, 4.69) is 15.1 Å². The lowest BCUT2D eigenvalue weighted by Crippen LogP contribution is -2.15. The number of halogens is 1. The molecule has 0 unspecified atom stereocenters. The van der Waals surface area contributed by atoms with Gasteiger partial charge in [-0.25, -0.2) is 14.1 Å². The van der Waals surface area contributed by atoms with Crippen molar-refractivity contribution in [3.8, 4) is 11.4 Å². The average molecular weight is 386 g/mol. The maximum Gasteiger partial charge on any atom is 0.184 e. The third-order valence-electron chi connectivity index (χ3n) is 4.61. The summed E-state index contributed by atoms with van der Waals surface area (Å²) in [4.78, 5) is 21.4. The molecule has 2 aromatic heterocycles. The van der Waals surface area contributed by atoms with E-state index in [1.165, 1.54) is 12.1 Å². The fourth-order valence-corrected chi connectivity index (χ4v) is 3.06. The fraction of sp³-hybridized carbons (Fsp3) is 0.130. The zero-order valence-corrected chi connectivity index (χ0v) is 15.7. The second kappa shape index (κ2) is 8.56. The molecule has 0 atom stereocenters. The molecular weight excluding hydrogens is 367 g/mol. The topological polar surface area (TPSA) is 60.7 Å². The zero-order chi connectivity index (χ0) is 20.1. The van der Waals surface area contributed by atoms with Crippen LogP contribution in [0.3, 0.4) is 0 Å². The van der Waals surface area contributed by atoms with Crippen LogP contribution >= 0.6 is 0 Å². The first-order chi connectivity index (χ1) is 14.2. The summed E-state index contributed by atoms with van der Waals surface area (Å²) in [7, 11) is 0. The second-order valence-electron chi connectivity index (χ2n) is 6.67. The average Bonchev–Trinajstić information content (AvgIpc) is 3.17. The van der Waals surface area contributed by atoms with E-state index < -0.39 is 0 Å². The summed E-state index contributed by atoms with van der Waals surface area (Å²) in [5.41, 5.74) is 2.43. The first-order valence-electron chi connectivity index (χ1n) is 9.36. The molecule has 0 fully saturated rings. The van der Waals surface area contributed by atoms with Crippen molar-refractivity contribution < 1.29 is 9.18 Å². The number of pyridine rings is 1. The smallest absolute Gasteiger partial charge is 0.184 e. The van der Waals surface area contributed by atoms with Gasteiger partial charge in [-0.3, -0.25) is 9.78 Å². The van der Waals surface area contributed by atoms with Crippen LogP contribution in [0.5, 0.6) is 0 Å². The van der Waals surface area contributed by atoms with Gasteiger partial charge in [-0.15, -0.1) is 0 Å². The number of aryl methyl sites for hydroxylation is 2. The van der Waals surface area contributed by atoms with Gasteiger partial charge in [-0.2, -0.15) is 5.10 Å². The Morgan fingerprint density at radius 2 is 1.72 bits per heavy atom. The van der Waals surface area contributed by atoms with Crippen molar-refractivity contribution in [2.45, 2.75) is 19.4 Å². The molecule has 0 bridgehead atoms. The molecule has 0 aliphatic carbocycles. The molecule has 2 aromatic carbocycles. The number of hydrogen-bond donors (Lipinski definition) is 0. The molecule has 0 aliphatic heterocycles. The number of benzene rings is 2. The van der Waals surface area contributed by atoms with Gasteiger partial charge in [0.1, 0.15) is 18.2 Å². The van der Waals surface area contributed by atoms with Crippen LogP contribution in [0.25, 0.3) is 11.4 Å². The highest BCUT2D eigenvalue weighted by Crippen LogP contribution is 2.16. The minimum absolute atomic E-state index is 0.0312. The summed E-state index contributed by atoms with van der Waals surface area (Å²) in [6.07, 6.45) is 4.64. The van der Waals surface area contributed by atoms with Crippen LogP contribution in [-0.4, -0.2) is 25.5 Å². The van der Waals surface area contributed by atoms with Crippen LogP contribution < -0.4 is 0 Å². The van der Waals surface area contributed by atoms with Crippen LogP contribution in [0.15, 0.2) is 79.1 Å². The SMILES string of the molecule is O=C(Cn1nc(-c2cccnc2)nc1CCc1ccc(F)cc1)c1ccccc1. The molecule has 5 nitrogen and oxygen atoms in total. The van der Waals surface area contributed by atoms with E-state index in [9.17, 15) is 9.18 Å². The maximum absolute atomic E-state index is 13.1. The van der Waals surface area contributed by atoms with Crippen LogP contribution in [0.2, 0.25) is 0 Å². The van der Waals surface area contributed by atoms with Crippen LogP contribution in [0, 0.1) is 5.82 Å². The van der Waals surface area contributed by atoms with E-state index in [1.807, 2.05) is 30.3 Å². The van der Waals surface area contributed by atoms with Gasteiger partial charge in [0.15, 0.2) is 11.6 Å². The summed E-state index contributed by atoms with van der Waals surface area (Å²) in [5, 5.41) is 4.56. The van der Waals surface area contributed by atoms with Gasteiger partial charge in [0.05, 0.1) is 0 Å². The molecular formula is C23H19FN4O. The fourth-order valence-electron chi connectivity index (χ4n) is 3.06. The quantitative estimate of drug-likeness (QED) is 0.448. The first kappa shape index (κ1) is 18.7. The summed E-state index contributed by atoms with van der Waals surface area (Å²) in [6.45, 7) is 0.107. The van der Waals surface area contributed by atoms with Gasteiger partial charge in [0, 0.05) is 29.9 Å². The van der Waals surface area contributed by atoms with Gasteiger partial charge >= 0.3 is 0 Å². The maximum atomic E-state index is 13.1. The molecule has 0 amide bonds. The van der Waals surface area contributed by atoms with Crippen molar-refractivity contribution in [3.63, 3.8) is 0 Å². The third-order valence-corrected chi connectivity index (χ3v) is 4.61. The molecule has 0 aliphatic rings. The van der Waals surface area contributed by atoms with E-state index in [1.54, 1.807) is 41.3 Å². The predicted octanol–water partition coefficient (Wildman–Crippen LogP) is 4.15. The largest absolute Gasteiger partial charge is 0.292 e. The van der Waals surface area contributed by atoms with Gasteiger partial charge in [-0.1, -0.05) is 42.5 Å². The van der Waals surface area contributed by atoms with Crippen LogP contribution in [0.4, 0.5) is 4.39 Å². The number of Topliss-reactive ketones (excluding diaryl/α,β-unsaturated/α-hetero) is 1. The standard InChI is InChI=1S/C23H19FN4O/c24-20-11-8-17(9-12-20)10-13-22-26-23(19-7-4-14-25-15-19)27-28(22)16-21(29)18-5-2-1-3-6-18/h1-9,11-12,14-15H,10,13,16H2. The van der Waals surface area contributed by atoms with E-state index in [0.29, 0.717) is 30.1 Å². The number of rotatable bonds is 7. The number of aromatic nitrogens is 4. The molecule has 4 aromatic rings. The highest BCUT2D eigenvalue weighted by molar-refractivity contribution is 5.95. The lowest BCUT2D eigenvalue weighted by Gasteiger charge is -2.06. The zero-order valence-electron chi connectivity index (χ0n) is 15.7. The molecule has 6 heteroatoms. The van der Waals surface area contributed by atoms with E-state index in [4.69, 9.17) is 0 Å². The Hall–Kier alpha value is -3.67. The normalized spacial score (nSPS) is 10.8. The number of nitrogens with zero attached hydrogens (tertiary/aromatic N) is 4. The monoisotopic (exact) mass is 386 g/mol. The molecule has 0 radical (unpaired) electrons. The van der Waals surface area contributed by atoms with E-state index in [0.717, 1.165) is 11.1 Å². The number of carbonyl (C=O) groups is 1. The Labute approximate surface area is 167 Å². The van der Waals surface area contributed by atoms with Crippen LogP contribution in [-0.2, 0) is 19.4 Å². The molecule has 0 N–H and O–H groups in total. The number of ketones is 1. The minimum Gasteiger partial charge on any atom is -0.292 e. The summed E-state index contributed by atoms with van der Waals surface area (Å²) in [6, 6.07) is 19.2. The number of hydrogen-bond acceptors (Lipinski definition) is 4. The Kier molecular flexibility index (Phi) is 5.52. The molecule has 0 spiro atoms. The minimum atomic E-state index is -0.260. The Balaban J connectivity index is 1.60. The lowest BCUT2D eigenvalue weighted by atomic mass is 10.1. The highest BCUT2D eigenvalue weighted by atomic mass is 19.1. The molecule has 0 saturated heterocycles. The Morgan fingerprint density at radius 1 is 0.931 bits per heavy atom. The van der Waals surface area contributed by atoms with Crippen molar-refractivity contribution in [1.29, 1.82) is 0 Å². The summed E-state index contributed by atoms with van der Waals surface area (Å²) in [5.74, 6) is 0.950. The molecule has 144 valence electrons. The summed E-state index contributed by atoms with van der Waals surface area (Å²) >= 11 is 0. The van der Waals surface area contributed by atoms with Gasteiger partial charge in [-0.05, 0) is 36.2 Å². The second-order valence-corrected chi connectivity index (χ2v) is 6.67. The number of carbonyl (C=O) groups excluding carboxylic acids is 1. The third kappa shape index (κ3) is 4.60. The van der Waals surface area contributed by atoms with Gasteiger partial charge in [0.2, 0.25) is 0 Å². The van der Waals surface area contributed by atoms with Crippen molar-refractivity contribution in [2.24, 2.45) is 0 Å². The van der Waals surface area contributed by atoms with Crippen LogP contribution in [0.1, 0.15) is 21.7 Å². The molecule has 4 rings (SSSR count). The Bertz CT molecular complexity index is 1090. The predicted molar refractivity (Wildman–Crippen MR) is 108 cm³/mol. The first-order valence-corrected chi connectivity index (χ1v) is 9.36. The van der Waals surface area contributed by atoms with Crippen molar-refractivity contribution in [3.05, 3.63) is 102 Å². The Morgan fingerprint density at radius 3 is 2.45 bits per heavy atom. The molecule has 2 heterocycles. The van der Waals surface area contributed by atoms with Gasteiger partial charge < -0.3 is 0 Å². The summed E-state index contributed by atoms with van der Waals surface area (Å²) < 4.78 is 14.8. The highest BCUT2D eigenvalue weighted by Gasteiger charge is 2.15. The van der Waals surface area contributed by atoms with Crippen molar-refractivity contribution >= 4 is 5.78 Å². The van der Waals surface area contributed by atoms with E-state index >= 15 is 0 Å².